The van der Waals surface area contributed by atoms with Crippen molar-refractivity contribution < 1.29 is 19.2 Å². The van der Waals surface area contributed by atoms with Gasteiger partial charge in [-0.05, 0) is 48.5 Å². The van der Waals surface area contributed by atoms with Crippen LogP contribution in [-0.2, 0) is 0 Å². The predicted molar refractivity (Wildman–Crippen MR) is 104 cm³/mol. The molecule has 0 saturated carbocycles. The molecule has 3 rings (SSSR count). The standard InChI is InChI=1S/C18H14ClN5O5/c1-28-13-6-8-14(9-7-13)29-18-15(24(26)27)16(20-10-21-18)22-23-17(25)11-2-4-12(19)5-3-11/h2-10H,1H3,(H,23,25)(H,20,21,22). The molecule has 1 amide bonds. The number of carbonyl (C=O) groups excluding carboxylic acids is 1. The highest BCUT2D eigenvalue weighted by Gasteiger charge is 2.25. The lowest BCUT2D eigenvalue weighted by Gasteiger charge is -2.10. The van der Waals surface area contributed by atoms with Crippen molar-refractivity contribution in [3.8, 4) is 17.4 Å². The monoisotopic (exact) mass is 415 g/mol. The maximum absolute atomic E-state index is 12.2. The lowest BCUT2D eigenvalue weighted by Crippen LogP contribution is -2.30. The Kier molecular flexibility index (Phi) is 6.05. The largest absolute Gasteiger partial charge is 0.497 e. The van der Waals surface area contributed by atoms with Gasteiger partial charge in [0.05, 0.1) is 12.0 Å². The van der Waals surface area contributed by atoms with Crippen LogP contribution in [0.2, 0.25) is 5.02 Å². The van der Waals surface area contributed by atoms with Crippen LogP contribution in [0.25, 0.3) is 0 Å². The quantitative estimate of drug-likeness (QED) is 0.442. The van der Waals surface area contributed by atoms with Crippen molar-refractivity contribution in [2.45, 2.75) is 0 Å². The molecule has 2 N–H and O–H groups in total. The summed E-state index contributed by atoms with van der Waals surface area (Å²) in [6.07, 6.45) is 1.07. The number of hydrazine groups is 1. The number of methoxy groups -OCH3 is 1. The van der Waals surface area contributed by atoms with Gasteiger partial charge in [-0.1, -0.05) is 11.6 Å². The lowest BCUT2D eigenvalue weighted by atomic mass is 10.2. The SMILES string of the molecule is COc1ccc(Oc2ncnc(NNC(=O)c3ccc(Cl)cc3)c2[N+](=O)[O-])cc1. The molecule has 2 aromatic carbocycles. The minimum Gasteiger partial charge on any atom is -0.497 e. The smallest absolute Gasteiger partial charge is 0.374 e. The van der Waals surface area contributed by atoms with Gasteiger partial charge in [-0.25, -0.2) is 4.98 Å². The fourth-order valence-corrected chi connectivity index (χ4v) is 2.36. The molecule has 11 heteroatoms. The number of rotatable bonds is 7. The van der Waals surface area contributed by atoms with Gasteiger partial charge in [-0.3, -0.25) is 25.8 Å². The van der Waals surface area contributed by atoms with Gasteiger partial charge in [0.1, 0.15) is 17.8 Å². The zero-order chi connectivity index (χ0) is 20.8. The molecule has 10 nitrogen and oxygen atoms in total. The molecule has 0 radical (unpaired) electrons. The van der Waals surface area contributed by atoms with Gasteiger partial charge in [0.15, 0.2) is 0 Å². The van der Waals surface area contributed by atoms with Crippen molar-refractivity contribution in [3.05, 3.63) is 75.6 Å². The van der Waals surface area contributed by atoms with E-state index in [4.69, 9.17) is 21.1 Å². The van der Waals surface area contributed by atoms with E-state index in [-0.39, 0.29) is 11.7 Å². The first kappa shape index (κ1) is 19.8. The molecule has 0 atom stereocenters. The van der Waals surface area contributed by atoms with E-state index in [0.29, 0.717) is 22.1 Å². The van der Waals surface area contributed by atoms with Gasteiger partial charge in [-0.15, -0.1) is 0 Å². The van der Waals surface area contributed by atoms with Crippen molar-refractivity contribution in [2.24, 2.45) is 0 Å². The minimum atomic E-state index is -0.713. The molecular formula is C18H14ClN5O5. The molecule has 0 spiro atoms. The highest BCUT2D eigenvalue weighted by molar-refractivity contribution is 6.30. The van der Waals surface area contributed by atoms with Gasteiger partial charge >= 0.3 is 11.6 Å². The second kappa shape index (κ2) is 8.85. The number of halogens is 1. The second-order valence-electron chi connectivity index (χ2n) is 5.50. The molecule has 1 heterocycles. The molecule has 0 bridgehead atoms. The molecular weight excluding hydrogens is 402 g/mol. The van der Waals surface area contributed by atoms with E-state index in [1.807, 2.05) is 0 Å². The van der Waals surface area contributed by atoms with Crippen molar-refractivity contribution in [3.63, 3.8) is 0 Å². The number of benzene rings is 2. The zero-order valence-electron chi connectivity index (χ0n) is 15.0. The fourth-order valence-electron chi connectivity index (χ4n) is 2.24. The van der Waals surface area contributed by atoms with Gasteiger partial charge < -0.3 is 9.47 Å². The highest BCUT2D eigenvalue weighted by Crippen LogP contribution is 2.34. The predicted octanol–water partition coefficient (Wildman–Crippen LogP) is 3.60. The first-order valence-corrected chi connectivity index (χ1v) is 8.49. The maximum Gasteiger partial charge on any atom is 0.374 e. The second-order valence-corrected chi connectivity index (χ2v) is 5.93. The summed E-state index contributed by atoms with van der Waals surface area (Å²) in [6.45, 7) is 0. The Morgan fingerprint density at radius 2 is 1.72 bits per heavy atom. The third kappa shape index (κ3) is 4.87. The summed E-state index contributed by atoms with van der Waals surface area (Å²) in [6, 6.07) is 12.5. The van der Waals surface area contributed by atoms with E-state index in [0.717, 1.165) is 6.33 Å². The Morgan fingerprint density at radius 3 is 2.34 bits per heavy atom. The van der Waals surface area contributed by atoms with Crippen LogP contribution < -0.4 is 20.3 Å². The van der Waals surface area contributed by atoms with E-state index >= 15 is 0 Å². The van der Waals surface area contributed by atoms with Gasteiger partial charge in [0.2, 0.25) is 5.82 Å². The Balaban J connectivity index is 1.79. The molecule has 0 aliphatic carbocycles. The van der Waals surface area contributed by atoms with Crippen LogP contribution in [0.5, 0.6) is 17.4 Å². The summed E-state index contributed by atoms with van der Waals surface area (Å²) in [5.74, 6) is -0.160. The number of carbonyl (C=O) groups is 1. The van der Waals surface area contributed by atoms with E-state index in [9.17, 15) is 14.9 Å². The third-order valence-corrected chi connectivity index (χ3v) is 3.90. The van der Waals surface area contributed by atoms with E-state index < -0.39 is 16.5 Å². The average molecular weight is 416 g/mol. The van der Waals surface area contributed by atoms with Crippen LogP contribution >= 0.6 is 11.6 Å². The summed E-state index contributed by atoms with van der Waals surface area (Å²) < 4.78 is 10.6. The number of nitrogens with zero attached hydrogens (tertiary/aromatic N) is 3. The van der Waals surface area contributed by atoms with Crippen molar-refractivity contribution in [1.82, 2.24) is 15.4 Å². The maximum atomic E-state index is 12.2. The van der Waals surface area contributed by atoms with E-state index in [2.05, 4.69) is 20.8 Å². The summed E-state index contributed by atoms with van der Waals surface area (Å²) in [7, 11) is 1.52. The molecule has 3 aromatic rings. The van der Waals surface area contributed by atoms with Crippen LogP contribution in [0.4, 0.5) is 11.5 Å². The third-order valence-electron chi connectivity index (χ3n) is 3.65. The zero-order valence-corrected chi connectivity index (χ0v) is 15.7. The van der Waals surface area contributed by atoms with Gasteiger partial charge in [0.25, 0.3) is 5.91 Å². The number of aromatic nitrogens is 2. The molecule has 0 saturated heterocycles. The van der Waals surface area contributed by atoms with Crippen molar-refractivity contribution in [1.29, 1.82) is 0 Å². The van der Waals surface area contributed by atoms with Crippen LogP contribution in [-0.4, -0.2) is 27.9 Å². The number of anilines is 1. The summed E-state index contributed by atoms with van der Waals surface area (Å²) >= 11 is 5.79. The Labute approximate surface area is 169 Å². The molecule has 29 heavy (non-hydrogen) atoms. The molecule has 148 valence electrons. The van der Waals surface area contributed by atoms with Gasteiger partial charge in [-0.2, -0.15) is 4.98 Å². The van der Waals surface area contributed by atoms with Crippen LogP contribution in [0.15, 0.2) is 54.9 Å². The molecule has 0 aliphatic rings. The minimum absolute atomic E-state index is 0.240. The van der Waals surface area contributed by atoms with Crippen LogP contribution in [0.1, 0.15) is 10.4 Å². The lowest BCUT2D eigenvalue weighted by molar-refractivity contribution is -0.385. The fraction of sp³-hybridized carbons (Fsp3) is 0.0556. The Morgan fingerprint density at radius 1 is 1.07 bits per heavy atom. The molecule has 1 aromatic heterocycles. The molecule has 0 aliphatic heterocycles. The Hall–Kier alpha value is -3.92. The number of amides is 1. The number of hydrogen-bond donors (Lipinski definition) is 2. The number of nitro groups is 1. The first-order chi connectivity index (χ1) is 14.0. The molecule has 0 unspecified atom stereocenters. The highest BCUT2D eigenvalue weighted by atomic mass is 35.5. The van der Waals surface area contributed by atoms with E-state index in [1.54, 1.807) is 36.4 Å². The normalized spacial score (nSPS) is 10.1. The summed E-state index contributed by atoms with van der Waals surface area (Å²) in [5, 5.41) is 12.0. The number of hydrogen-bond acceptors (Lipinski definition) is 8. The van der Waals surface area contributed by atoms with Crippen molar-refractivity contribution in [2.75, 3.05) is 12.5 Å². The van der Waals surface area contributed by atoms with E-state index in [1.165, 1.54) is 19.2 Å². The summed E-state index contributed by atoms with van der Waals surface area (Å²) in [4.78, 5) is 30.6. The first-order valence-electron chi connectivity index (χ1n) is 8.11. The number of ether oxygens (including phenoxy) is 2. The van der Waals surface area contributed by atoms with Crippen molar-refractivity contribution >= 4 is 29.0 Å². The van der Waals surface area contributed by atoms with Crippen LogP contribution in [0, 0.1) is 10.1 Å². The number of nitrogens with one attached hydrogen (secondary N) is 2. The molecule has 0 fully saturated rings. The van der Waals surface area contributed by atoms with Gasteiger partial charge in [0, 0.05) is 10.6 Å². The Bertz CT molecular complexity index is 1030. The van der Waals surface area contributed by atoms with Crippen LogP contribution in [0.3, 0.4) is 0 Å². The average Bonchev–Trinajstić information content (AvgIpc) is 2.73. The topological polar surface area (TPSA) is 129 Å². The summed E-state index contributed by atoms with van der Waals surface area (Å²) in [5.41, 5.74) is 4.52.